The summed E-state index contributed by atoms with van der Waals surface area (Å²) in [5.41, 5.74) is 4.23. The average Bonchev–Trinajstić information content (AvgIpc) is 3.34. The number of carbonyl (C=O) groups is 3. The van der Waals surface area contributed by atoms with E-state index in [4.69, 9.17) is 29.5 Å². The maximum absolute atomic E-state index is 13.3. The van der Waals surface area contributed by atoms with Gasteiger partial charge in [0.1, 0.15) is 28.8 Å². The number of halogens is 6. The van der Waals surface area contributed by atoms with Crippen molar-refractivity contribution < 1.29 is 75.0 Å². The van der Waals surface area contributed by atoms with Gasteiger partial charge in [0.05, 0.1) is 0 Å². The lowest BCUT2D eigenvalue weighted by atomic mass is 10.1. The van der Waals surface area contributed by atoms with Gasteiger partial charge in [-0.2, -0.15) is 0 Å². The van der Waals surface area contributed by atoms with Gasteiger partial charge in [-0.3, -0.25) is 0 Å². The zero-order valence-electron chi connectivity index (χ0n) is 38.1. The van der Waals surface area contributed by atoms with E-state index in [1.807, 2.05) is 6.07 Å². The van der Waals surface area contributed by atoms with Crippen LogP contribution in [0.5, 0.6) is 23.0 Å². The summed E-state index contributed by atoms with van der Waals surface area (Å²) >= 11 is 0. The number of carboxylic acid groups (broad SMARTS) is 3. The van der Waals surface area contributed by atoms with E-state index in [-0.39, 0.29) is 11.6 Å². The number of benzene rings is 6. The van der Waals surface area contributed by atoms with Crippen LogP contribution < -0.4 is 18.9 Å². The van der Waals surface area contributed by atoms with E-state index < -0.39 is 54.2 Å². The van der Waals surface area contributed by atoms with Crippen LogP contribution in [0.1, 0.15) is 38.5 Å². The Balaban J connectivity index is 0.000000232. The molecule has 0 aliphatic heterocycles. The number of rotatable bonds is 22. The van der Waals surface area contributed by atoms with E-state index in [9.17, 15) is 40.7 Å². The zero-order chi connectivity index (χ0) is 51.9. The topological polar surface area (TPSA) is 149 Å². The summed E-state index contributed by atoms with van der Waals surface area (Å²) in [4.78, 5) is 33.4. The van der Waals surface area contributed by atoms with Gasteiger partial charge in [0.25, 0.3) is 0 Å². The molecule has 6 aromatic rings. The second kappa shape index (κ2) is 27.7. The van der Waals surface area contributed by atoms with Crippen molar-refractivity contribution in [1.29, 1.82) is 0 Å². The second-order valence-corrected chi connectivity index (χ2v) is 15.2. The van der Waals surface area contributed by atoms with E-state index in [1.165, 1.54) is 42.5 Å². The van der Waals surface area contributed by atoms with Gasteiger partial charge in [0.2, 0.25) is 0 Å². The molecular formula is C55H50F6O10. The van der Waals surface area contributed by atoms with Crippen LogP contribution in [-0.4, -0.2) is 57.9 Å². The molecule has 0 amide bonds. The van der Waals surface area contributed by atoms with Gasteiger partial charge in [-0.05, 0) is 145 Å². The molecule has 10 nitrogen and oxygen atoms in total. The maximum Gasteiger partial charge on any atom is 0.573 e. The van der Waals surface area contributed by atoms with Crippen molar-refractivity contribution in [2.24, 2.45) is 0 Å². The van der Waals surface area contributed by atoms with Crippen molar-refractivity contribution in [2.75, 3.05) is 0 Å². The van der Waals surface area contributed by atoms with Crippen molar-refractivity contribution in [3.05, 3.63) is 195 Å². The third-order valence-corrected chi connectivity index (χ3v) is 9.96. The molecule has 6 aromatic carbocycles. The number of hydrogen-bond donors (Lipinski definition) is 3. The number of allylic oxidation sites excluding steroid dienone is 3. The Morgan fingerprint density at radius 2 is 0.775 bits per heavy atom. The predicted molar refractivity (Wildman–Crippen MR) is 257 cm³/mol. The minimum Gasteiger partial charge on any atom is -0.479 e. The van der Waals surface area contributed by atoms with Gasteiger partial charge >= 0.3 is 24.3 Å². The molecule has 372 valence electrons. The van der Waals surface area contributed by atoms with Crippen molar-refractivity contribution in [3.8, 4) is 56.4 Å². The largest absolute Gasteiger partial charge is 0.573 e. The summed E-state index contributed by atoms with van der Waals surface area (Å²) in [5, 5.41) is 27.4. The summed E-state index contributed by atoms with van der Waals surface area (Å²) < 4.78 is 96.1. The summed E-state index contributed by atoms with van der Waals surface area (Å²) in [6.07, 6.45) is -0.0454. The number of carboxylic acids is 3. The summed E-state index contributed by atoms with van der Waals surface area (Å²) in [7, 11) is 0. The van der Waals surface area contributed by atoms with Crippen molar-refractivity contribution in [2.45, 2.75) is 63.2 Å². The second-order valence-electron chi connectivity index (χ2n) is 15.2. The van der Waals surface area contributed by atoms with Crippen LogP contribution in [0.25, 0.3) is 33.4 Å². The van der Waals surface area contributed by atoms with Gasteiger partial charge < -0.3 is 34.3 Å². The molecule has 0 saturated carbocycles. The summed E-state index contributed by atoms with van der Waals surface area (Å²) in [6.45, 7) is 10.7. The molecule has 71 heavy (non-hydrogen) atoms. The summed E-state index contributed by atoms with van der Waals surface area (Å²) in [5.74, 6) is -4.27. The number of ether oxygens (including phenoxy) is 4. The molecule has 0 saturated heterocycles. The van der Waals surface area contributed by atoms with Crippen LogP contribution in [0.3, 0.4) is 0 Å². The molecule has 0 spiro atoms. The highest BCUT2D eigenvalue weighted by molar-refractivity contribution is 5.74. The fraction of sp³-hybridized carbons (Fsp3) is 0.182. The smallest absolute Gasteiger partial charge is 0.479 e. The Kier molecular flexibility index (Phi) is 21.6. The van der Waals surface area contributed by atoms with Crippen molar-refractivity contribution in [3.63, 3.8) is 0 Å². The highest BCUT2D eigenvalue weighted by Gasteiger charge is 2.31. The van der Waals surface area contributed by atoms with Gasteiger partial charge in [-0.25, -0.2) is 27.6 Å². The first-order chi connectivity index (χ1) is 33.9. The fourth-order valence-corrected chi connectivity index (χ4v) is 6.37. The Bertz CT molecular complexity index is 2670. The lowest BCUT2D eigenvalue weighted by Gasteiger charge is -2.14. The average molecular weight is 985 g/mol. The van der Waals surface area contributed by atoms with Crippen LogP contribution in [0.4, 0.5) is 26.3 Å². The minimum atomic E-state index is -4.73. The molecule has 0 heterocycles. The molecule has 3 unspecified atom stereocenters. The quantitative estimate of drug-likeness (QED) is 0.0443. The van der Waals surface area contributed by atoms with Crippen LogP contribution in [0.2, 0.25) is 0 Å². The molecule has 0 fully saturated rings. The van der Waals surface area contributed by atoms with Crippen LogP contribution in [0.15, 0.2) is 177 Å². The molecule has 3 atom stereocenters. The zero-order valence-corrected chi connectivity index (χ0v) is 38.1. The minimum absolute atomic E-state index is 0.298. The molecular weight excluding hydrogens is 935 g/mol. The van der Waals surface area contributed by atoms with E-state index in [0.29, 0.717) is 72.5 Å². The molecule has 6 rings (SSSR count). The van der Waals surface area contributed by atoms with E-state index in [1.54, 1.807) is 97.1 Å². The normalized spacial score (nSPS) is 11.9. The molecule has 0 aliphatic rings. The molecule has 3 N–H and O–H groups in total. The monoisotopic (exact) mass is 984 g/mol. The SMILES string of the molecule is C=CCCC(Oc1ccc(-c2ccc(F)c(F)c2)cc1)C(=O)O.C=CCCC(Oc1ccc(-c2ccc(OC(F)(F)F)cc2)cc1)C(=O)O.C=CCCC(Oc1ccc(-c2cccc(F)c2)cc1)C(=O)O. The first-order valence-corrected chi connectivity index (χ1v) is 21.8. The first kappa shape index (κ1) is 55.3. The number of aliphatic carboxylic acids is 3. The van der Waals surface area contributed by atoms with E-state index >= 15 is 0 Å². The molecule has 0 aliphatic carbocycles. The van der Waals surface area contributed by atoms with Crippen molar-refractivity contribution >= 4 is 17.9 Å². The standard InChI is InChI=1S/C19H17F3O4.C18H16F2O3.C18H17FO3/c1-2-3-4-17(18(23)24)25-15-9-5-13(6-10-15)14-7-11-16(12-8-14)26-19(20,21)22;1-2-3-4-17(18(21)22)23-14-8-5-12(6-9-14)13-7-10-15(19)16(20)11-13;1-2-3-7-17(18(20)21)22-16-10-8-13(9-11-16)14-5-4-6-15(19)12-14/h2,5-12,17H,1,3-4H2,(H,23,24);2,5-11,17H,1,3-4H2,(H,21,22);2,4-6,8-12,17H,1,3,7H2,(H,20,21). The third kappa shape index (κ3) is 19.0. The lowest BCUT2D eigenvalue weighted by Crippen LogP contribution is -2.26. The van der Waals surface area contributed by atoms with E-state index in [0.717, 1.165) is 28.8 Å². The van der Waals surface area contributed by atoms with Crippen LogP contribution in [0, 0.1) is 17.5 Å². The number of alkyl halides is 3. The van der Waals surface area contributed by atoms with Gasteiger partial charge in [-0.1, -0.05) is 85.0 Å². The number of hydrogen-bond acceptors (Lipinski definition) is 7. The van der Waals surface area contributed by atoms with Crippen molar-refractivity contribution in [1.82, 2.24) is 0 Å². The highest BCUT2D eigenvalue weighted by Crippen LogP contribution is 2.29. The molecule has 16 heteroatoms. The Morgan fingerprint density at radius 1 is 0.451 bits per heavy atom. The Morgan fingerprint density at radius 3 is 1.08 bits per heavy atom. The first-order valence-electron chi connectivity index (χ1n) is 21.8. The predicted octanol–water partition coefficient (Wildman–Crippen LogP) is 13.8. The van der Waals surface area contributed by atoms with E-state index in [2.05, 4.69) is 24.5 Å². The van der Waals surface area contributed by atoms with Crippen LogP contribution >= 0.6 is 0 Å². The molecule has 0 bridgehead atoms. The third-order valence-electron chi connectivity index (χ3n) is 9.96. The Hall–Kier alpha value is -8.27. The molecule has 0 radical (unpaired) electrons. The molecule has 0 aromatic heterocycles. The maximum atomic E-state index is 13.3. The van der Waals surface area contributed by atoms with Gasteiger partial charge in [0, 0.05) is 0 Å². The van der Waals surface area contributed by atoms with Crippen LogP contribution in [-0.2, 0) is 14.4 Å². The van der Waals surface area contributed by atoms with Gasteiger partial charge in [0.15, 0.2) is 29.9 Å². The lowest BCUT2D eigenvalue weighted by molar-refractivity contribution is -0.274. The Labute approximate surface area is 406 Å². The van der Waals surface area contributed by atoms with Gasteiger partial charge in [-0.15, -0.1) is 32.9 Å². The highest BCUT2D eigenvalue weighted by atomic mass is 19.4. The summed E-state index contributed by atoms with van der Waals surface area (Å²) in [6, 6.07) is 35.4. The fourth-order valence-electron chi connectivity index (χ4n) is 6.37.